The molecule has 1 heterocycles. The van der Waals surface area contributed by atoms with E-state index in [2.05, 4.69) is 10.3 Å². The van der Waals surface area contributed by atoms with Crippen molar-refractivity contribution in [3.8, 4) is 11.1 Å². The van der Waals surface area contributed by atoms with Gasteiger partial charge >= 0.3 is 0 Å². The first-order valence-corrected chi connectivity index (χ1v) is 7.73. The molecular weight excluding hydrogens is 348 g/mol. The number of hydrogen-bond donors (Lipinski definition) is 2. The van der Waals surface area contributed by atoms with Crippen LogP contribution in [0, 0.1) is 30.2 Å². The van der Waals surface area contributed by atoms with Gasteiger partial charge in [0.05, 0.1) is 11.1 Å². The van der Waals surface area contributed by atoms with Crippen LogP contribution >= 0.6 is 0 Å². The van der Waals surface area contributed by atoms with Gasteiger partial charge in [0, 0.05) is 29.6 Å². The number of benzene rings is 2. The van der Waals surface area contributed by atoms with Crippen molar-refractivity contribution in [1.29, 1.82) is 0 Å². The van der Waals surface area contributed by atoms with Crippen LogP contribution in [0.3, 0.4) is 0 Å². The van der Waals surface area contributed by atoms with E-state index in [4.69, 9.17) is 0 Å². The zero-order chi connectivity index (χ0) is 18.8. The van der Waals surface area contributed by atoms with Crippen LogP contribution < -0.4 is 10.9 Å². The molecule has 0 unspecified atom stereocenters. The number of pyridine rings is 1. The van der Waals surface area contributed by atoms with Gasteiger partial charge in [0.1, 0.15) is 23.3 Å². The van der Waals surface area contributed by atoms with Crippen molar-refractivity contribution in [3.63, 3.8) is 0 Å². The Morgan fingerprint density at radius 2 is 1.62 bits per heavy atom. The molecule has 0 aliphatic rings. The zero-order valence-corrected chi connectivity index (χ0v) is 13.7. The van der Waals surface area contributed by atoms with E-state index in [0.29, 0.717) is 5.69 Å². The summed E-state index contributed by atoms with van der Waals surface area (Å²) in [6, 6.07) is 7.85. The molecule has 3 nitrogen and oxygen atoms in total. The maximum atomic E-state index is 14.1. The van der Waals surface area contributed by atoms with Gasteiger partial charge in [0.25, 0.3) is 5.56 Å². The molecule has 0 amide bonds. The van der Waals surface area contributed by atoms with E-state index in [1.165, 1.54) is 18.2 Å². The lowest BCUT2D eigenvalue weighted by atomic mass is 10.0. The number of aryl methyl sites for hydroxylation is 1. The maximum Gasteiger partial charge on any atom is 0.258 e. The van der Waals surface area contributed by atoms with Gasteiger partial charge in [-0.2, -0.15) is 0 Å². The average molecular weight is 362 g/mol. The minimum atomic E-state index is -0.893. The summed E-state index contributed by atoms with van der Waals surface area (Å²) in [4.78, 5) is 14.8. The van der Waals surface area contributed by atoms with E-state index in [0.717, 1.165) is 24.3 Å². The van der Waals surface area contributed by atoms with Crippen molar-refractivity contribution >= 4 is 5.69 Å². The molecule has 0 saturated heterocycles. The highest BCUT2D eigenvalue weighted by atomic mass is 19.1. The number of aromatic amines is 1. The van der Waals surface area contributed by atoms with E-state index in [-0.39, 0.29) is 23.4 Å². The second-order valence-electron chi connectivity index (χ2n) is 5.76. The number of rotatable bonds is 4. The van der Waals surface area contributed by atoms with Crippen molar-refractivity contribution < 1.29 is 17.6 Å². The third kappa shape index (κ3) is 3.46. The van der Waals surface area contributed by atoms with Gasteiger partial charge < -0.3 is 10.3 Å². The lowest BCUT2D eigenvalue weighted by Gasteiger charge is -2.14. The number of nitrogens with one attached hydrogen (secondary N) is 2. The SMILES string of the molecule is Cc1cc(NCc2ccc(F)cc2F)c(-c2c(F)cccc2F)c(=O)[nH]1. The minimum absolute atomic E-state index is 0.0991. The van der Waals surface area contributed by atoms with Gasteiger partial charge in [0.15, 0.2) is 0 Å². The molecule has 1 aromatic heterocycles. The normalized spacial score (nSPS) is 10.8. The molecule has 0 bridgehead atoms. The summed E-state index contributed by atoms with van der Waals surface area (Å²) in [5.41, 5.74) is -0.651. The Morgan fingerprint density at radius 1 is 0.923 bits per heavy atom. The molecule has 3 aromatic rings. The van der Waals surface area contributed by atoms with Gasteiger partial charge in [-0.05, 0) is 31.2 Å². The van der Waals surface area contributed by atoms with Gasteiger partial charge in [-0.3, -0.25) is 4.79 Å². The topological polar surface area (TPSA) is 44.9 Å². The van der Waals surface area contributed by atoms with Crippen molar-refractivity contribution in [1.82, 2.24) is 4.98 Å². The summed E-state index contributed by atoms with van der Waals surface area (Å²) < 4.78 is 55.1. The fourth-order valence-corrected chi connectivity index (χ4v) is 2.67. The van der Waals surface area contributed by atoms with E-state index in [1.807, 2.05) is 0 Å². The van der Waals surface area contributed by atoms with Crippen LogP contribution in [0.2, 0.25) is 0 Å². The van der Waals surface area contributed by atoms with E-state index >= 15 is 0 Å². The molecule has 134 valence electrons. The predicted octanol–water partition coefficient (Wildman–Crippen LogP) is 4.52. The van der Waals surface area contributed by atoms with Crippen molar-refractivity contribution in [2.75, 3.05) is 5.32 Å². The molecule has 0 atom stereocenters. The molecule has 7 heteroatoms. The number of H-pyrrole nitrogens is 1. The Labute approximate surface area is 146 Å². The van der Waals surface area contributed by atoms with Crippen LogP contribution in [0.1, 0.15) is 11.3 Å². The first-order chi connectivity index (χ1) is 12.4. The van der Waals surface area contributed by atoms with Crippen LogP contribution in [0.4, 0.5) is 23.2 Å². The Bertz CT molecular complexity index is 1010. The summed E-state index contributed by atoms with van der Waals surface area (Å²) in [5, 5.41) is 2.81. The molecule has 3 rings (SSSR count). The third-order valence-corrected chi connectivity index (χ3v) is 3.87. The maximum absolute atomic E-state index is 14.1. The second-order valence-corrected chi connectivity index (χ2v) is 5.76. The fraction of sp³-hybridized carbons (Fsp3) is 0.105. The van der Waals surface area contributed by atoms with Crippen LogP contribution in [-0.4, -0.2) is 4.98 Å². The number of halogens is 4. The molecule has 0 spiro atoms. The van der Waals surface area contributed by atoms with Crippen molar-refractivity contribution in [2.24, 2.45) is 0 Å². The smallest absolute Gasteiger partial charge is 0.258 e. The molecule has 2 N–H and O–H groups in total. The Hall–Kier alpha value is -3.09. The summed E-state index contributed by atoms with van der Waals surface area (Å²) >= 11 is 0. The third-order valence-electron chi connectivity index (χ3n) is 3.87. The quantitative estimate of drug-likeness (QED) is 0.671. The van der Waals surface area contributed by atoms with Crippen molar-refractivity contribution in [2.45, 2.75) is 13.5 Å². The highest BCUT2D eigenvalue weighted by Gasteiger charge is 2.19. The predicted molar refractivity (Wildman–Crippen MR) is 90.8 cm³/mol. The average Bonchev–Trinajstić information content (AvgIpc) is 2.55. The van der Waals surface area contributed by atoms with E-state index in [9.17, 15) is 22.4 Å². The first-order valence-electron chi connectivity index (χ1n) is 7.73. The molecule has 0 aliphatic heterocycles. The lowest BCUT2D eigenvalue weighted by Crippen LogP contribution is -2.16. The van der Waals surface area contributed by atoms with Crippen LogP contribution in [-0.2, 0) is 6.54 Å². The van der Waals surface area contributed by atoms with Crippen LogP contribution in [0.25, 0.3) is 11.1 Å². The summed E-state index contributed by atoms with van der Waals surface area (Å²) in [7, 11) is 0. The van der Waals surface area contributed by atoms with Crippen LogP contribution in [0.5, 0.6) is 0 Å². The standard InChI is InChI=1S/C19H14F4N2O/c1-10-7-16(24-9-11-5-6-12(20)8-15(11)23)18(19(26)25-10)17-13(21)3-2-4-14(17)22/h2-8H,9H2,1H3,(H2,24,25,26). The van der Waals surface area contributed by atoms with E-state index in [1.54, 1.807) is 6.92 Å². The highest BCUT2D eigenvalue weighted by molar-refractivity contribution is 5.78. The summed E-state index contributed by atoms with van der Waals surface area (Å²) in [6.45, 7) is 1.50. The number of hydrogen-bond acceptors (Lipinski definition) is 2. The second kappa shape index (κ2) is 7.03. The molecule has 26 heavy (non-hydrogen) atoms. The number of aromatic nitrogens is 1. The Morgan fingerprint density at radius 3 is 2.27 bits per heavy atom. The zero-order valence-electron chi connectivity index (χ0n) is 13.7. The molecule has 0 aliphatic carbocycles. The molecule has 0 radical (unpaired) electrons. The molecular formula is C19H14F4N2O. The summed E-state index contributed by atoms with van der Waals surface area (Å²) in [6.07, 6.45) is 0. The Balaban J connectivity index is 2.06. The minimum Gasteiger partial charge on any atom is -0.380 e. The first kappa shape index (κ1) is 17.7. The monoisotopic (exact) mass is 362 g/mol. The molecule has 0 saturated carbocycles. The van der Waals surface area contributed by atoms with Crippen LogP contribution in [0.15, 0.2) is 47.3 Å². The Kier molecular flexibility index (Phi) is 4.79. The largest absolute Gasteiger partial charge is 0.380 e. The van der Waals surface area contributed by atoms with Gasteiger partial charge in [-0.1, -0.05) is 12.1 Å². The number of anilines is 1. The van der Waals surface area contributed by atoms with Gasteiger partial charge in [0.2, 0.25) is 0 Å². The molecule has 2 aromatic carbocycles. The van der Waals surface area contributed by atoms with Gasteiger partial charge in [-0.15, -0.1) is 0 Å². The lowest BCUT2D eigenvalue weighted by molar-refractivity contribution is 0.574. The fourth-order valence-electron chi connectivity index (χ4n) is 2.67. The van der Waals surface area contributed by atoms with E-state index < -0.39 is 34.4 Å². The van der Waals surface area contributed by atoms with Crippen molar-refractivity contribution in [3.05, 3.63) is 87.3 Å². The summed E-state index contributed by atoms with van der Waals surface area (Å²) in [5.74, 6) is -3.27. The molecule has 0 fully saturated rings. The highest BCUT2D eigenvalue weighted by Crippen LogP contribution is 2.30. The van der Waals surface area contributed by atoms with Gasteiger partial charge in [-0.25, -0.2) is 17.6 Å².